The van der Waals surface area contributed by atoms with E-state index in [1.165, 1.54) is 12.5 Å². The predicted molar refractivity (Wildman–Crippen MR) is 56.1 cm³/mol. The van der Waals surface area contributed by atoms with Crippen LogP contribution in [0.15, 0.2) is 21.6 Å². The molecule has 84 valence electrons. The van der Waals surface area contributed by atoms with Crippen molar-refractivity contribution in [2.45, 2.75) is 24.4 Å². The summed E-state index contributed by atoms with van der Waals surface area (Å²) in [6.07, 6.45) is 3.45. The van der Waals surface area contributed by atoms with Crippen LogP contribution in [0.4, 0.5) is 5.88 Å². The van der Waals surface area contributed by atoms with E-state index < -0.39 is 10.0 Å². The third-order valence-corrected chi connectivity index (χ3v) is 3.30. The highest BCUT2D eigenvalue weighted by Crippen LogP contribution is 2.23. The summed E-state index contributed by atoms with van der Waals surface area (Å²) in [5.74, 6) is 0.596. The van der Waals surface area contributed by atoms with Gasteiger partial charge in [-0.2, -0.15) is 0 Å². The summed E-state index contributed by atoms with van der Waals surface area (Å²) < 4.78 is 27.2. The fourth-order valence-electron chi connectivity index (χ4n) is 1.75. The first-order valence-corrected chi connectivity index (χ1v) is 6.49. The van der Waals surface area contributed by atoms with Crippen molar-refractivity contribution in [3.8, 4) is 0 Å². The summed E-state index contributed by atoms with van der Waals surface area (Å²) in [6.45, 7) is 1.83. The fraction of sp³-hybridized carbons (Fsp3) is 0.556. The van der Waals surface area contributed by atoms with Gasteiger partial charge in [-0.15, -0.1) is 0 Å². The topological polar surface area (TPSA) is 76.5 Å². The van der Waals surface area contributed by atoms with Crippen LogP contribution in [0.1, 0.15) is 19.3 Å². The summed E-state index contributed by atoms with van der Waals surface area (Å²) in [6, 6.07) is 3.06. The second-order valence-corrected chi connectivity index (χ2v) is 5.18. The van der Waals surface area contributed by atoms with Crippen LogP contribution in [-0.4, -0.2) is 21.5 Å². The van der Waals surface area contributed by atoms with Gasteiger partial charge in [0, 0.05) is 19.2 Å². The van der Waals surface area contributed by atoms with Crippen molar-refractivity contribution in [2.75, 3.05) is 18.0 Å². The Balaban J connectivity index is 2.19. The summed E-state index contributed by atoms with van der Waals surface area (Å²) in [5, 5.41) is 4.80. The molecule has 0 saturated carbocycles. The average Bonchev–Trinajstić information content (AvgIpc) is 2.67. The smallest absolute Gasteiger partial charge is 0.271 e. The number of hydrogen-bond donors (Lipinski definition) is 1. The third-order valence-electron chi connectivity index (χ3n) is 2.52. The number of hydrogen-bond acceptors (Lipinski definition) is 4. The minimum atomic E-state index is -3.71. The van der Waals surface area contributed by atoms with E-state index in [-0.39, 0.29) is 5.09 Å². The zero-order valence-electron chi connectivity index (χ0n) is 8.35. The molecule has 0 aromatic carbocycles. The van der Waals surface area contributed by atoms with Crippen molar-refractivity contribution in [3.63, 3.8) is 0 Å². The van der Waals surface area contributed by atoms with Gasteiger partial charge in [-0.05, 0) is 25.3 Å². The van der Waals surface area contributed by atoms with Gasteiger partial charge in [0.15, 0.2) is 5.88 Å². The van der Waals surface area contributed by atoms with Crippen LogP contribution in [0.2, 0.25) is 0 Å². The summed E-state index contributed by atoms with van der Waals surface area (Å²) in [5.41, 5.74) is 0. The Morgan fingerprint density at radius 3 is 2.40 bits per heavy atom. The molecule has 2 rings (SSSR count). The Labute approximate surface area is 88.9 Å². The lowest BCUT2D eigenvalue weighted by Crippen LogP contribution is -2.28. The molecule has 0 spiro atoms. The molecule has 1 aliphatic heterocycles. The van der Waals surface area contributed by atoms with Crippen molar-refractivity contribution < 1.29 is 12.8 Å². The number of anilines is 1. The van der Waals surface area contributed by atoms with Gasteiger partial charge in [-0.1, -0.05) is 0 Å². The maximum absolute atomic E-state index is 11.0. The molecular weight excluding hydrogens is 216 g/mol. The lowest BCUT2D eigenvalue weighted by Gasteiger charge is -2.25. The van der Waals surface area contributed by atoms with E-state index in [4.69, 9.17) is 9.56 Å². The molecular formula is C9H14N2O3S. The van der Waals surface area contributed by atoms with E-state index in [0.29, 0.717) is 5.88 Å². The molecule has 0 unspecified atom stereocenters. The van der Waals surface area contributed by atoms with Crippen LogP contribution in [0.25, 0.3) is 0 Å². The van der Waals surface area contributed by atoms with Crippen LogP contribution >= 0.6 is 0 Å². The molecule has 2 heterocycles. The molecule has 0 amide bonds. The maximum atomic E-state index is 11.0. The average molecular weight is 230 g/mol. The van der Waals surface area contributed by atoms with Gasteiger partial charge in [0.05, 0.1) is 0 Å². The van der Waals surface area contributed by atoms with Crippen LogP contribution in [0.5, 0.6) is 0 Å². The van der Waals surface area contributed by atoms with E-state index >= 15 is 0 Å². The minimum absolute atomic E-state index is 0.164. The second-order valence-electron chi connectivity index (χ2n) is 3.69. The highest BCUT2D eigenvalue weighted by atomic mass is 32.2. The van der Waals surface area contributed by atoms with Crippen LogP contribution in [-0.2, 0) is 10.0 Å². The molecule has 1 aromatic rings. The molecule has 2 N–H and O–H groups in total. The third kappa shape index (κ3) is 2.32. The Kier molecular flexibility index (Phi) is 2.70. The van der Waals surface area contributed by atoms with Gasteiger partial charge in [0.25, 0.3) is 10.0 Å². The molecule has 1 saturated heterocycles. The molecule has 15 heavy (non-hydrogen) atoms. The normalized spacial score (nSPS) is 18.1. The van der Waals surface area contributed by atoms with Gasteiger partial charge < -0.3 is 9.32 Å². The maximum Gasteiger partial charge on any atom is 0.271 e. The van der Waals surface area contributed by atoms with E-state index in [1.54, 1.807) is 6.07 Å². The molecule has 0 radical (unpaired) electrons. The number of nitrogens with two attached hydrogens (primary N) is 1. The summed E-state index contributed by atoms with van der Waals surface area (Å²) in [7, 11) is -3.71. The Bertz CT molecular complexity index is 432. The Morgan fingerprint density at radius 2 is 1.87 bits per heavy atom. The monoisotopic (exact) mass is 230 g/mol. The Hall–Kier alpha value is -1.01. The predicted octanol–water partition coefficient (Wildman–Crippen LogP) is 0.917. The second kappa shape index (κ2) is 3.86. The number of furan rings is 1. The molecule has 0 bridgehead atoms. The fourth-order valence-corrected chi connectivity index (χ4v) is 2.21. The lowest BCUT2D eigenvalue weighted by molar-refractivity contribution is 0.431. The molecule has 0 atom stereocenters. The van der Waals surface area contributed by atoms with Crippen molar-refractivity contribution in [3.05, 3.63) is 12.1 Å². The highest BCUT2D eigenvalue weighted by Gasteiger charge is 2.18. The van der Waals surface area contributed by atoms with Crippen LogP contribution in [0, 0.1) is 0 Å². The molecule has 0 aliphatic carbocycles. The number of piperidine rings is 1. The van der Waals surface area contributed by atoms with Gasteiger partial charge in [0.1, 0.15) is 0 Å². The first kappa shape index (κ1) is 10.5. The number of nitrogens with zero attached hydrogens (tertiary/aromatic N) is 1. The van der Waals surface area contributed by atoms with E-state index in [2.05, 4.69) is 0 Å². The van der Waals surface area contributed by atoms with Gasteiger partial charge in [-0.3, -0.25) is 0 Å². The van der Waals surface area contributed by atoms with E-state index in [1.807, 2.05) is 4.90 Å². The van der Waals surface area contributed by atoms with E-state index in [0.717, 1.165) is 25.9 Å². The molecule has 1 aromatic heterocycles. The molecule has 5 nitrogen and oxygen atoms in total. The number of rotatable bonds is 2. The van der Waals surface area contributed by atoms with Crippen LogP contribution in [0.3, 0.4) is 0 Å². The summed E-state index contributed by atoms with van der Waals surface area (Å²) in [4.78, 5) is 2.04. The molecule has 6 heteroatoms. The van der Waals surface area contributed by atoms with Gasteiger partial charge >= 0.3 is 0 Å². The number of sulfonamides is 1. The summed E-state index contributed by atoms with van der Waals surface area (Å²) >= 11 is 0. The highest BCUT2D eigenvalue weighted by molar-refractivity contribution is 7.89. The largest absolute Gasteiger partial charge is 0.428 e. The standard InChI is InChI=1S/C9H14N2O3S/c10-15(12,13)9-5-4-8(14-9)11-6-2-1-3-7-11/h4-5H,1-3,6-7H2,(H2,10,12,13). The quantitative estimate of drug-likeness (QED) is 0.819. The molecule has 1 aliphatic rings. The Morgan fingerprint density at radius 1 is 1.20 bits per heavy atom. The van der Waals surface area contributed by atoms with Gasteiger partial charge in [0.2, 0.25) is 5.09 Å². The number of primary sulfonamides is 1. The van der Waals surface area contributed by atoms with Crippen LogP contribution < -0.4 is 10.0 Å². The van der Waals surface area contributed by atoms with Crippen molar-refractivity contribution in [1.29, 1.82) is 0 Å². The minimum Gasteiger partial charge on any atom is -0.428 e. The zero-order chi connectivity index (χ0) is 10.9. The zero-order valence-corrected chi connectivity index (χ0v) is 9.16. The first-order chi connectivity index (χ1) is 7.07. The lowest BCUT2D eigenvalue weighted by atomic mass is 10.1. The van der Waals surface area contributed by atoms with Gasteiger partial charge in [-0.25, -0.2) is 13.6 Å². The molecule has 1 fully saturated rings. The first-order valence-electron chi connectivity index (χ1n) is 4.95. The van der Waals surface area contributed by atoms with Crippen molar-refractivity contribution in [2.24, 2.45) is 5.14 Å². The van der Waals surface area contributed by atoms with Crippen molar-refractivity contribution >= 4 is 15.9 Å². The SMILES string of the molecule is NS(=O)(=O)c1ccc(N2CCCCC2)o1. The van der Waals surface area contributed by atoms with Crippen molar-refractivity contribution in [1.82, 2.24) is 0 Å². The van der Waals surface area contributed by atoms with E-state index in [9.17, 15) is 8.42 Å².